The van der Waals surface area contributed by atoms with Crippen molar-refractivity contribution >= 4 is 11.9 Å². The molecule has 0 saturated carbocycles. The van der Waals surface area contributed by atoms with Gasteiger partial charge in [0.25, 0.3) is 0 Å². The van der Waals surface area contributed by atoms with E-state index in [4.69, 9.17) is 31.9 Å². The van der Waals surface area contributed by atoms with Crippen LogP contribution < -0.4 is 11.5 Å². The van der Waals surface area contributed by atoms with E-state index in [0.29, 0.717) is 0 Å². The first-order valence-corrected chi connectivity index (χ1v) is 3.55. The van der Waals surface area contributed by atoms with Crippen LogP contribution in [0.5, 0.6) is 0 Å². The van der Waals surface area contributed by atoms with Crippen molar-refractivity contribution in [1.82, 2.24) is 0 Å². The molecular weight excluding hydrogens is 391 g/mol. The number of nitrogens with two attached hydrogens (primary N) is 2. The van der Waals surface area contributed by atoms with E-state index < -0.39 is 37.2 Å². The molecule has 0 aromatic heterocycles. The molecule has 0 aliphatic rings. The maximum absolute atomic E-state index is 9.65. The molecule has 0 amide bonds. The molecule has 8 N–H and O–H groups in total. The number of aliphatic hydroxyl groups is 2. The zero-order valence-corrected chi connectivity index (χ0v) is 9.92. The zero-order valence-electron chi connectivity index (χ0n) is 7.65. The fraction of sp³-hybridized carbons (Fsp3) is 0.667. The second-order valence-electron chi connectivity index (χ2n) is 2.25. The first-order chi connectivity index (χ1) is 6.36. The van der Waals surface area contributed by atoms with Crippen LogP contribution in [-0.2, 0) is 30.7 Å². The van der Waals surface area contributed by atoms with Gasteiger partial charge in [0, 0.05) is 21.1 Å². The Labute approximate surface area is 100 Å². The van der Waals surface area contributed by atoms with Crippen LogP contribution in [0.4, 0.5) is 0 Å². The molecule has 2 atom stereocenters. The molecule has 9 heteroatoms. The molecule has 0 fully saturated rings. The maximum atomic E-state index is 9.65. The van der Waals surface area contributed by atoms with Gasteiger partial charge < -0.3 is 31.9 Å². The van der Waals surface area contributed by atoms with Gasteiger partial charge in [-0.1, -0.05) is 0 Å². The van der Waals surface area contributed by atoms with Crippen LogP contribution in [0.2, 0.25) is 0 Å². The number of hydrogen-bond acceptors (Lipinski definition) is 6. The largest absolute Gasteiger partial charge is 0.480 e. The van der Waals surface area contributed by atoms with Gasteiger partial charge in [0.1, 0.15) is 12.1 Å². The molecule has 0 aromatic carbocycles. The van der Waals surface area contributed by atoms with Crippen LogP contribution >= 0.6 is 0 Å². The van der Waals surface area contributed by atoms with E-state index in [1.54, 1.807) is 0 Å². The molecule has 0 bridgehead atoms. The molecule has 0 aliphatic heterocycles. The van der Waals surface area contributed by atoms with Gasteiger partial charge in [-0.3, -0.25) is 9.59 Å². The summed E-state index contributed by atoms with van der Waals surface area (Å²) in [6, 6.07) is -2.25. The Hall–Kier alpha value is -0.532. The molecule has 0 saturated heterocycles. The van der Waals surface area contributed by atoms with Gasteiger partial charge in [-0.15, -0.1) is 0 Å². The Morgan fingerprint density at radius 2 is 1.13 bits per heavy atom. The van der Waals surface area contributed by atoms with Gasteiger partial charge in [0.15, 0.2) is 0 Å². The Bertz CT molecular complexity index is 170. The van der Waals surface area contributed by atoms with Crippen molar-refractivity contribution in [2.75, 3.05) is 13.2 Å². The minimum Gasteiger partial charge on any atom is -0.480 e. The zero-order chi connectivity index (χ0) is 11.7. The normalized spacial score (nSPS) is 12.5. The minimum atomic E-state index is -1.18. The van der Waals surface area contributed by atoms with E-state index in [9.17, 15) is 9.59 Å². The predicted octanol–water partition coefficient (Wildman–Crippen LogP) is -3.22. The van der Waals surface area contributed by atoms with Crippen molar-refractivity contribution in [1.29, 1.82) is 0 Å². The van der Waals surface area contributed by atoms with Crippen molar-refractivity contribution in [2.45, 2.75) is 12.1 Å². The summed E-state index contributed by atoms with van der Waals surface area (Å²) in [6.45, 7) is -1.01. The minimum absolute atomic E-state index is 0. The monoisotopic (exact) mass is 405 g/mol. The SMILES string of the molecule is NC(CO)C(=O)O.NC(CO)C(=O)O.[Pt]. The Morgan fingerprint density at radius 1 is 0.933 bits per heavy atom. The van der Waals surface area contributed by atoms with Crippen molar-refractivity contribution in [3.8, 4) is 0 Å². The molecule has 0 radical (unpaired) electrons. The summed E-state index contributed by atoms with van der Waals surface area (Å²) in [7, 11) is 0. The molecule has 0 aromatic rings. The average molecular weight is 405 g/mol. The molecule has 0 heterocycles. The van der Waals surface area contributed by atoms with E-state index in [2.05, 4.69) is 0 Å². The van der Waals surface area contributed by atoms with E-state index >= 15 is 0 Å². The second kappa shape index (κ2) is 11.5. The summed E-state index contributed by atoms with van der Waals surface area (Å²) in [5.41, 5.74) is 9.53. The van der Waals surface area contributed by atoms with Gasteiger partial charge in [0.2, 0.25) is 0 Å². The van der Waals surface area contributed by atoms with Crippen LogP contribution in [0, 0.1) is 0 Å². The summed E-state index contributed by atoms with van der Waals surface area (Å²) < 4.78 is 0. The molecule has 0 spiro atoms. The Balaban J connectivity index is -0.000000180. The van der Waals surface area contributed by atoms with Gasteiger partial charge in [-0.05, 0) is 0 Å². The molecule has 0 rings (SSSR count). The molecule has 0 aliphatic carbocycles. The van der Waals surface area contributed by atoms with Crippen molar-refractivity contribution in [2.24, 2.45) is 11.5 Å². The molecular formula is C6H14N2O6Pt. The molecule has 15 heavy (non-hydrogen) atoms. The van der Waals surface area contributed by atoms with Crippen LogP contribution in [0.3, 0.4) is 0 Å². The number of carboxylic acid groups (broad SMARTS) is 2. The molecule has 2 unspecified atom stereocenters. The standard InChI is InChI=1S/2C3H7NO3.Pt/c2*4-2(1-5)3(6)7;/h2*2,5H,1,4H2,(H,6,7);. The second-order valence-corrected chi connectivity index (χ2v) is 2.25. The van der Waals surface area contributed by atoms with E-state index in [-0.39, 0.29) is 21.1 Å². The first-order valence-electron chi connectivity index (χ1n) is 3.55. The summed E-state index contributed by atoms with van der Waals surface area (Å²) in [5.74, 6) is -2.36. The quantitative estimate of drug-likeness (QED) is 0.284. The smallest absolute Gasteiger partial charge is 0.322 e. The van der Waals surface area contributed by atoms with Crippen LogP contribution in [-0.4, -0.2) is 57.7 Å². The van der Waals surface area contributed by atoms with Crippen LogP contribution in [0.15, 0.2) is 0 Å². The number of aliphatic carboxylic acids is 2. The average Bonchev–Trinajstić information content (AvgIpc) is 2.15. The van der Waals surface area contributed by atoms with Crippen LogP contribution in [0.1, 0.15) is 0 Å². The number of rotatable bonds is 4. The fourth-order valence-corrected chi connectivity index (χ4v) is 0.156. The third-order valence-corrected chi connectivity index (χ3v) is 1.03. The Kier molecular flexibility index (Phi) is 15.4. The topological polar surface area (TPSA) is 167 Å². The third kappa shape index (κ3) is 13.5. The van der Waals surface area contributed by atoms with Crippen molar-refractivity contribution < 1.29 is 51.1 Å². The van der Waals surface area contributed by atoms with Gasteiger partial charge in [0.05, 0.1) is 13.2 Å². The van der Waals surface area contributed by atoms with Gasteiger partial charge in [-0.2, -0.15) is 0 Å². The summed E-state index contributed by atoms with van der Waals surface area (Å²) >= 11 is 0. The van der Waals surface area contributed by atoms with Crippen molar-refractivity contribution in [3.05, 3.63) is 0 Å². The molecule has 8 nitrogen and oxygen atoms in total. The molecule has 94 valence electrons. The maximum Gasteiger partial charge on any atom is 0.322 e. The summed E-state index contributed by atoms with van der Waals surface area (Å²) in [6.07, 6.45) is 0. The predicted molar refractivity (Wildman–Crippen MR) is 45.4 cm³/mol. The van der Waals surface area contributed by atoms with E-state index in [1.165, 1.54) is 0 Å². The van der Waals surface area contributed by atoms with E-state index in [0.717, 1.165) is 0 Å². The Morgan fingerprint density at radius 3 is 1.13 bits per heavy atom. The first kappa shape index (κ1) is 20.0. The van der Waals surface area contributed by atoms with Crippen LogP contribution in [0.25, 0.3) is 0 Å². The number of hydrogen-bond donors (Lipinski definition) is 6. The van der Waals surface area contributed by atoms with Gasteiger partial charge >= 0.3 is 11.9 Å². The number of carbonyl (C=O) groups is 2. The number of carboxylic acids is 2. The fourth-order valence-electron chi connectivity index (χ4n) is 0.156. The summed E-state index contributed by atoms with van der Waals surface area (Å²) in [5, 5.41) is 31.8. The van der Waals surface area contributed by atoms with Gasteiger partial charge in [-0.25, -0.2) is 0 Å². The van der Waals surface area contributed by atoms with Crippen molar-refractivity contribution in [3.63, 3.8) is 0 Å². The summed E-state index contributed by atoms with van der Waals surface area (Å²) in [4.78, 5) is 19.3. The third-order valence-electron chi connectivity index (χ3n) is 1.03. The number of aliphatic hydroxyl groups excluding tert-OH is 2. The van der Waals surface area contributed by atoms with E-state index in [1.807, 2.05) is 0 Å².